The topological polar surface area (TPSA) is 92.1 Å². The Morgan fingerprint density at radius 1 is 1.62 bits per heavy atom. The molecule has 3 N–H and O–H groups in total. The van der Waals surface area contributed by atoms with E-state index in [1.165, 1.54) is 16.8 Å². The zero-order chi connectivity index (χ0) is 9.47. The second-order valence-electron chi connectivity index (χ2n) is 3.00. The molecule has 0 spiro atoms. The predicted molar refractivity (Wildman–Crippen MR) is 45.3 cm³/mol. The van der Waals surface area contributed by atoms with Crippen LogP contribution in [0.2, 0.25) is 0 Å². The molecular weight excluding hydrogens is 192 g/mol. The predicted octanol–water partition coefficient (Wildman–Crippen LogP) is -1.26. The van der Waals surface area contributed by atoms with Crippen LogP contribution in [-0.2, 0) is 10.0 Å². The third kappa shape index (κ3) is 1.34. The molecule has 0 saturated carbocycles. The highest BCUT2D eigenvalue weighted by molar-refractivity contribution is 7.89. The summed E-state index contributed by atoms with van der Waals surface area (Å²) in [5.41, 5.74) is 5.49. The summed E-state index contributed by atoms with van der Waals surface area (Å²) in [5.74, 6) is 0. The van der Waals surface area contributed by atoms with Gasteiger partial charge < -0.3 is 10.7 Å². The lowest BCUT2D eigenvalue weighted by Gasteiger charge is -2.34. The van der Waals surface area contributed by atoms with Crippen LogP contribution in [0, 0.1) is 0 Å². The van der Waals surface area contributed by atoms with Gasteiger partial charge in [-0.05, 0) is 0 Å². The number of aromatic nitrogens is 2. The number of nitrogens with one attached hydrogen (secondary N) is 1. The molecule has 6 nitrogen and oxygen atoms in total. The van der Waals surface area contributed by atoms with Crippen molar-refractivity contribution in [2.45, 2.75) is 11.1 Å². The minimum Gasteiger partial charge on any atom is -0.335 e. The van der Waals surface area contributed by atoms with E-state index in [4.69, 9.17) is 5.73 Å². The molecule has 1 saturated heterocycles. The molecule has 2 rings (SSSR count). The van der Waals surface area contributed by atoms with Crippen molar-refractivity contribution in [2.24, 2.45) is 5.73 Å². The lowest BCUT2D eigenvalue weighted by atomic mass is 10.2. The Bertz CT molecular complexity index is 379. The van der Waals surface area contributed by atoms with Crippen LogP contribution in [0.25, 0.3) is 0 Å². The SMILES string of the molecule is NC1CN(S(=O)(=O)c2cnc[nH]2)C1. The second kappa shape index (κ2) is 2.79. The van der Waals surface area contributed by atoms with Crippen LogP contribution in [0.1, 0.15) is 0 Å². The summed E-state index contributed by atoms with van der Waals surface area (Å²) in [6, 6.07) is -0.0299. The number of hydrogen-bond donors (Lipinski definition) is 2. The number of H-pyrrole nitrogens is 1. The average molecular weight is 202 g/mol. The first-order valence-corrected chi connectivity index (χ1v) is 5.29. The molecule has 0 unspecified atom stereocenters. The van der Waals surface area contributed by atoms with Crippen LogP contribution in [0.3, 0.4) is 0 Å². The molecule has 13 heavy (non-hydrogen) atoms. The molecule has 1 aliphatic rings. The van der Waals surface area contributed by atoms with E-state index < -0.39 is 10.0 Å². The van der Waals surface area contributed by atoms with Crippen molar-refractivity contribution in [3.8, 4) is 0 Å². The Morgan fingerprint density at radius 3 is 2.77 bits per heavy atom. The lowest BCUT2D eigenvalue weighted by molar-refractivity contribution is 0.265. The molecule has 0 radical (unpaired) electrons. The maximum absolute atomic E-state index is 11.6. The van der Waals surface area contributed by atoms with Crippen LogP contribution in [0.15, 0.2) is 17.6 Å². The number of hydrogen-bond acceptors (Lipinski definition) is 4. The van der Waals surface area contributed by atoms with Gasteiger partial charge in [0.15, 0.2) is 5.03 Å². The molecule has 1 fully saturated rings. The molecule has 2 heterocycles. The molecule has 1 aromatic heterocycles. The van der Waals surface area contributed by atoms with Gasteiger partial charge in [0.2, 0.25) is 0 Å². The first kappa shape index (κ1) is 8.67. The Labute approximate surface area is 75.8 Å². The van der Waals surface area contributed by atoms with Crippen molar-refractivity contribution in [1.82, 2.24) is 14.3 Å². The molecule has 1 aromatic rings. The van der Waals surface area contributed by atoms with Crippen molar-refractivity contribution < 1.29 is 8.42 Å². The Kier molecular flexibility index (Phi) is 1.86. The highest BCUT2D eigenvalue weighted by Crippen LogP contribution is 2.17. The van der Waals surface area contributed by atoms with Gasteiger partial charge in [0.1, 0.15) is 0 Å². The molecular formula is C6H10N4O2S. The summed E-state index contributed by atoms with van der Waals surface area (Å²) in [6.07, 6.45) is 2.63. The molecule has 7 heteroatoms. The van der Waals surface area contributed by atoms with Gasteiger partial charge in [-0.3, -0.25) is 0 Å². The zero-order valence-electron chi connectivity index (χ0n) is 6.84. The summed E-state index contributed by atoms with van der Waals surface area (Å²) in [7, 11) is -3.36. The zero-order valence-corrected chi connectivity index (χ0v) is 7.66. The summed E-state index contributed by atoms with van der Waals surface area (Å²) < 4.78 is 24.6. The smallest absolute Gasteiger partial charge is 0.260 e. The molecule has 1 aliphatic heterocycles. The van der Waals surface area contributed by atoms with Gasteiger partial charge in [0.25, 0.3) is 10.0 Å². The van der Waals surface area contributed by atoms with Crippen LogP contribution >= 0.6 is 0 Å². The van der Waals surface area contributed by atoms with Gasteiger partial charge in [0, 0.05) is 19.1 Å². The normalized spacial score (nSPS) is 20.1. The molecule has 0 aliphatic carbocycles. The van der Waals surface area contributed by atoms with Crippen molar-refractivity contribution in [1.29, 1.82) is 0 Å². The van der Waals surface area contributed by atoms with Crippen LogP contribution in [0.4, 0.5) is 0 Å². The summed E-state index contributed by atoms with van der Waals surface area (Å²) >= 11 is 0. The Morgan fingerprint density at radius 2 is 2.31 bits per heavy atom. The average Bonchev–Trinajstić information content (AvgIpc) is 2.50. The molecule has 0 atom stereocenters. The van der Waals surface area contributed by atoms with E-state index in [2.05, 4.69) is 9.97 Å². The fourth-order valence-electron chi connectivity index (χ4n) is 1.19. The minimum atomic E-state index is -3.36. The van der Waals surface area contributed by atoms with Gasteiger partial charge in [-0.15, -0.1) is 0 Å². The minimum absolute atomic E-state index is 0.0299. The van der Waals surface area contributed by atoms with E-state index in [1.807, 2.05) is 0 Å². The van der Waals surface area contributed by atoms with Crippen LogP contribution in [-0.4, -0.2) is 41.8 Å². The van der Waals surface area contributed by atoms with Crippen molar-refractivity contribution in [3.05, 3.63) is 12.5 Å². The third-order valence-electron chi connectivity index (χ3n) is 1.97. The largest absolute Gasteiger partial charge is 0.335 e. The van der Waals surface area contributed by atoms with Gasteiger partial charge in [-0.1, -0.05) is 0 Å². The van der Waals surface area contributed by atoms with Gasteiger partial charge >= 0.3 is 0 Å². The lowest BCUT2D eigenvalue weighted by Crippen LogP contribution is -2.57. The number of aromatic amines is 1. The summed E-state index contributed by atoms with van der Waals surface area (Å²) in [4.78, 5) is 6.22. The Balaban J connectivity index is 2.23. The number of imidazole rings is 1. The highest BCUT2D eigenvalue weighted by atomic mass is 32.2. The summed E-state index contributed by atoms with van der Waals surface area (Å²) in [6.45, 7) is 0.780. The number of rotatable bonds is 2. The first-order valence-electron chi connectivity index (χ1n) is 3.85. The standard InChI is InChI=1S/C6H10N4O2S/c7-5-2-10(3-5)13(11,12)6-1-8-4-9-6/h1,4-5H,2-3,7H2,(H,8,9). The van der Waals surface area contributed by atoms with E-state index in [-0.39, 0.29) is 11.1 Å². The second-order valence-corrected chi connectivity index (χ2v) is 4.90. The molecule has 0 aromatic carbocycles. The fourth-order valence-corrected chi connectivity index (χ4v) is 2.64. The van der Waals surface area contributed by atoms with Gasteiger partial charge in [0.05, 0.1) is 12.5 Å². The van der Waals surface area contributed by atoms with Gasteiger partial charge in [-0.25, -0.2) is 13.4 Å². The first-order chi connectivity index (χ1) is 6.10. The number of sulfonamides is 1. The van der Waals surface area contributed by atoms with Crippen LogP contribution < -0.4 is 5.73 Å². The van der Waals surface area contributed by atoms with E-state index in [9.17, 15) is 8.42 Å². The fraction of sp³-hybridized carbons (Fsp3) is 0.500. The van der Waals surface area contributed by atoms with E-state index in [1.54, 1.807) is 0 Å². The van der Waals surface area contributed by atoms with E-state index >= 15 is 0 Å². The highest BCUT2D eigenvalue weighted by Gasteiger charge is 2.35. The van der Waals surface area contributed by atoms with Crippen LogP contribution in [0.5, 0.6) is 0 Å². The summed E-state index contributed by atoms with van der Waals surface area (Å²) in [5, 5.41) is 0.124. The number of nitrogens with zero attached hydrogens (tertiary/aromatic N) is 2. The Hall–Kier alpha value is -0.920. The quantitative estimate of drug-likeness (QED) is 0.626. The maximum atomic E-state index is 11.6. The van der Waals surface area contributed by atoms with E-state index in [0.717, 1.165) is 0 Å². The van der Waals surface area contributed by atoms with E-state index in [0.29, 0.717) is 13.1 Å². The monoisotopic (exact) mass is 202 g/mol. The van der Waals surface area contributed by atoms with Crippen molar-refractivity contribution >= 4 is 10.0 Å². The van der Waals surface area contributed by atoms with Crippen molar-refractivity contribution in [3.63, 3.8) is 0 Å². The van der Waals surface area contributed by atoms with Crippen molar-refractivity contribution in [2.75, 3.05) is 13.1 Å². The van der Waals surface area contributed by atoms with Gasteiger partial charge in [-0.2, -0.15) is 4.31 Å². The maximum Gasteiger partial charge on any atom is 0.260 e. The molecule has 0 bridgehead atoms. The number of nitrogens with two attached hydrogens (primary N) is 1. The molecule has 0 amide bonds. The molecule has 72 valence electrons. The third-order valence-corrected chi connectivity index (χ3v) is 3.72.